The second-order valence-electron chi connectivity index (χ2n) is 5.36. The van der Waals surface area contributed by atoms with E-state index in [0.717, 1.165) is 27.8 Å². The van der Waals surface area contributed by atoms with Crippen molar-refractivity contribution in [3.05, 3.63) is 66.1 Å². The van der Waals surface area contributed by atoms with Crippen molar-refractivity contribution >= 4 is 16.6 Å². The summed E-state index contributed by atoms with van der Waals surface area (Å²) in [7, 11) is 0. The van der Waals surface area contributed by atoms with Gasteiger partial charge in [0.1, 0.15) is 5.65 Å². The summed E-state index contributed by atoms with van der Waals surface area (Å²) < 4.78 is 2.21. The van der Waals surface area contributed by atoms with Crippen molar-refractivity contribution < 1.29 is 0 Å². The highest BCUT2D eigenvalue weighted by Gasteiger charge is 2.09. The second kappa shape index (κ2) is 4.42. The van der Waals surface area contributed by atoms with Crippen LogP contribution in [-0.2, 0) is 0 Å². The van der Waals surface area contributed by atoms with Crippen molar-refractivity contribution in [3.63, 3.8) is 0 Å². The van der Waals surface area contributed by atoms with Crippen LogP contribution in [0, 0.1) is 13.8 Å². The summed E-state index contributed by atoms with van der Waals surface area (Å²) in [6.07, 6.45) is 3.80. The summed E-state index contributed by atoms with van der Waals surface area (Å²) in [5.74, 6) is 0. The third kappa shape index (κ3) is 1.82. The molecule has 0 bridgehead atoms. The van der Waals surface area contributed by atoms with E-state index in [1.807, 2.05) is 30.6 Å². The van der Waals surface area contributed by atoms with Crippen LogP contribution >= 0.6 is 0 Å². The standard InChI is InChI=1S/C18H15N3/c1-12-8-18-20-11-15-10-19-16(14-6-4-3-5-7-14)9-17(15)21(18)13(12)2/h3-11H,1-2H3. The van der Waals surface area contributed by atoms with Gasteiger partial charge in [-0.1, -0.05) is 30.3 Å². The molecule has 0 aliphatic carbocycles. The fraction of sp³-hybridized carbons (Fsp3) is 0.111. The Kier molecular flexibility index (Phi) is 2.54. The van der Waals surface area contributed by atoms with Crippen LogP contribution in [0.4, 0.5) is 0 Å². The van der Waals surface area contributed by atoms with E-state index in [-0.39, 0.29) is 0 Å². The van der Waals surface area contributed by atoms with Crippen LogP contribution in [0.5, 0.6) is 0 Å². The first kappa shape index (κ1) is 12.1. The van der Waals surface area contributed by atoms with Crippen molar-refractivity contribution in [2.45, 2.75) is 13.8 Å². The Bertz CT molecular complexity index is 952. The maximum Gasteiger partial charge on any atom is 0.137 e. The van der Waals surface area contributed by atoms with E-state index in [2.05, 4.69) is 52.5 Å². The number of hydrogen-bond acceptors (Lipinski definition) is 2. The average Bonchev–Trinajstić information content (AvgIpc) is 2.83. The molecular formula is C18H15N3. The Morgan fingerprint density at radius 3 is 2.48 bits per heavy atom. The van der Waals surface area contributed by atoms with E-state index in [9.17, 15) is 0 Å². The first-order chi connectivity index (χ1) is 10.2. The molecule has 4 aromatic rings. The van der Waals surface area contributed by atoms with Gasteiger partial charge in [0.05, 0.1) is 11.2 Å². The van der Waals surface area contributed by atoms with Crippen LogP contribution in [-0.4, -0.2) is 14.4 Å². The van der Waals surface area contributed by atoms with Gasteiger partial charge in [0.2, 0.25) is 0 Å². The molecule has 0 saturated heterocycles. The van der Waals surface area contributed by atoms with E-state index in [1.54, 1.807) is 0 Å². The van der Waals surface area contributed by atoms with Gasteiger partial charge in [0, 0.05) is 29.0 Å². The quantitative estimate of drug-likeness (QED) is 0.521. The van der Waals surface area contributed by atoms with Crippen LogP contribution in [0.15, 0.2) is 54.9 Å². The minimum Gasteiger partial charge on any atom is -0.298 e. The lowest BCUT2D eigenvalue weighted by Gasteiger charge is -2.07. The molecule has 0 atom stereocenters. The first-order valence-electron chi connectivity index (χ1n) is 7.03. The van der Waals surface area contributed by atoms with Crippen molar-refractivity contribution in [2.75, 3.05) is 0 Å². The van der Waals surface area contributed by atoms with Crippen LogP contribution in [0.3, 0.4) is 0 Å². The Balaban J connectivity index is 2.08. The molecule has 1 aromatic carbocycles. The number of nitrogens with zero attached hydrogens (tertiary/aromatic N) is 3. The lowest BCUT2D eigenvalue weighted by Crippen LogP contribution is -1.95. The molecule has 0 radical (unpaired) electrons. The van der Waals surface area contributed by atoms with E-state index in [1.165, 1.54) is 11.3 Å². The smallest absolute Gasteiger partial charge is 0.137 e. The second-order valence-corrected chi connectivity index (χ2v) is 5.36. The van der Waals surface area contributed by atoms with Gasteiger partial charge in [-0.25, -0.2) is 4.98 Å². The van der Waals surface area contributed by atoms with Gasteiger partial charge >= 0.3 is 0 Å². The first-order valence-corrected chi connectivity index (χ1v) is 7.03. The van der Waals surface area contributed by atoms with E-state index < -0.39 is 0 Å². The zero-order valence-corrected chi connectivity index (χ0v) is 12.0. The van der Waals surface area contributed by atoms with Gasteiger partial charge in [0.15, 0.2) is 0 Å². The Labute approximate surface area is 122 Å². The van der Waals surface area contributed by atoms with Gasteiger partial charge in [-0.15, -0.1) is 0 Å². The summed E-state index contributed by atoms with van der Waals surface area (Å²) in [6, 6.07) is 14.5. The average molecular weight is 273 g/mol. The number of hydrogen-bond donors (Lipinski definition) is 0. The Morgan fingerprint density at radius 2 is 1.67 bits per heavy atom. The molecule has 3 heteroatoms. The number of fused-ring (bicyclic) bond motifs is 3. The van der Waals surface area contributed by atoms with Crippen LogP contribution in [0.1, 0.15) is 11.3 Å². The van der Waals surface area contributed by atoms with Crippen molar-refractivity contribution in [1.29, 1.82) is 0 Å². The number of rotatable bonds is 1. The Hall–Kier alpha value is -2.68. The van der Waals surface area contributed by atoms with Crippen LogP contribution in [0.2, 0.25) is 0 Å². The van der Waals surface area contributed by atoms with E-state index >= 15 is 0 Å². The summed E-state index contributed by atoms with van der Waals surface area (Å²) in [6.45, 7) is 4.25. The number of benzene rings is 1. The molecule has 4 rings (SSSR count). The predicted molar refractivity (Wildman–Crippen MR) is 85.4 cm³/mol. The molecule has 3 aromatic heterocycles. The molecule has 0 saturated carbocycles. The van der Waals surface area contributed by atoms with Crippen LogP contribution < -0.4 is 0 Å². The van der Waals surface area contributed by atoms with Gasteiger partial charge in [0.25, 0.3) is 0 Å². The zero-order chi connectivity index (χ0) is 14.4. The zero-order valence-electron chi connectivity index (χ0n) is 12.0. The molecule has 0 amide bonds. The molecule has 0 aliphatic heterocycles. The molecule has 3 heterocycles. The summed E-state index contributed by atoms with van der Waals surface area (Å²) in [5, 5.41) is 1.06. The topological polar surface area (TPSA) is 30.2 Å². The van der Waals surface area contributed by atoms with Gasteiger partial charge < -0.3 is 0 Å². The molecule has 0 aliphatic rings. The largest absolute Gasteiger partial charge is 0.298 e. The normalized spacial score (nSPS) is 11.3. The molecule has 0 N–H and O–H groups in total. The summed E-state index contributed by atoms with van der Waals surface area (Å²) in [4.78, 5) is 9.08. The maximum atomic E-state index is 4.57. The highest BCUT2D eigenvalue weighted by Crippen LogP contribution is 2.24. The minimum absolute atomic E-state index is 0.987. The fourth-order valence-corrected chi connectivity index (χ4v) is 2.76. The number of aryl methyl sites for hydroxylation is 2. The molecule has 102 valence electrons. The highest BCUT2D eigenvalue weighted by atomic mass is 15.0. The van der Waals surface area contributed by atoms with Gasteiger partial charge in [-0.3, -0.25) is 9.38 Å². The Morgan fingerprint density at radius 1 is 0.905 bits per heavy atom. The monoisotopic (exact) mass is 273 g/mol. The third-order valence-corrected chi connectivity index (χ3v) is 4.04. The van der Waals surface area contributed by atoms with Crippen molar-refractivity contribution in [2.24, 2.45) is 0 Å². The van der Waals surface area contributed by atoms with Gasteiger partial charge in [-0.2, -0.15) is 0 Å². The van der Waals surface area contributed by atoms with Crippen LogP contribution in [0.25, 0.3) is 27.8 Å². The molecular weight excluding hydrogens is 258 g/mol. The SMILES string of the molecule is Cc1cc2ncc3cnc(-c4ccccc4)cc3n2c1C. The third-order valence-electron chi connectivity index (χ3n) is 4.04. The summed E-state index contributed by atoms with van der Waals surface area (Å²) >= 11 is 0. The molecule has 0 spiro atoms. The van der Waals surface area contributed by atoms with Crippen molar-refractivity contribution in [3.8, 4) is 11.3 Å². The number of pyridine rings is 1. The fourth-order valence-electron chi connectivity index (χ4n) is 2.76. The predicted octanol–water partition coefficient (Wildman–Crippen LogP) is 4.17. The molecule has 21 heavy (non-hydrogen) atoms. The lowest BCUT2D eigenvalue weighted by molar-refractivity contribution is 1.11. The maximum absolute atomic E-state index is 4.57. The minimum atomic E-state index is 0.987. The van der Waals surface area contributed by atoms with E-state index in [4.69, 9.17) is 0 Å². The highest BCUT2D eigenvalue weighted by molar-refractivity contribution is 5.84. The van der Waals surface area contributed by atoms with E-state index in [0.29, 0.717) is 0 Å². The van der Waals surface area contributed by atoms with Crippen molar-refractivity contribution in [1.82, 2.24) is 14.4 Å². The molecule has 0 fully saturated rings. The summed E-state index contributed by atoms with van der Waals surface area (Å²) in [5.41, 5.74) is 6.75. The van der Waals surface area contributed by atoms with Gasteiger partial charge in [-0.05, 0) is 31.5 Å². The lowest BCUT2D eigenvalue weighted by atomic mass is 10.1. The molecule has 0 unspecified atom stereocenters. The number of aromatic nitrogens is 3. The molecule has 3 nitrogen and oxygen atoms in total.